The molecule has 7 heteroatoms. The first kappa shape index (κ1) is 19.0. The Labute approximate surface area is 161 Å². The summed E-state index contributed by atoms with van der Waals surface area (Å²) in [6, 6.07) is 11.5. The van der Waals surface area contributed by atoms with Gasteiger partial charge in [-0.05, 0) is 42.7 Å². The van der Waals surface area contributed by atoms with Crippen LogP contribution in [0.3, 0.4) is 0 Å². The van der Waals surface area contributed by atoms with Crippen molar-refractivity contribution >= 4 is 35.2 Å². The number of nitrogens with one attached hydrogen (secondary N) is 1. The van der Waals surface area contributed by atoms with Crippen molar-refractivity contribution in [3.05, 3.63) is 59.2 Å². The number of carbonyl (C=O) groups excluding carboxylic acids is 2. The third-order valence-electron chi connectivity index (χ3n) is 4.53. The summed E-state index contributed by atoms with van der Waals surface area (Å²) >= 11 is 1.43. The van der Waals surface area contributed by atoms with Gasteiger partial charge < -0.3 is 15.3 Å². The Morgan fingerprint density at radius 3 is 2.63 bits per heavy atom. The van der Waals surface area contributed by atoms with Crippen LogP contribution >= 0.6 is 11.8 Å². The molecule has 0 fully saturated rings. The van der Waals surface area contributed by atoms with E-state index in [1.807, 2.05) is 32.0 Å². The number of rotatable bonds is 5. The lowest BCUT2D eigenvalue weighted by atomic mass is 10.0. The molecule has 1 aliphatic heterocycles. The second kappa shape index (κ2) is 7.84. The fourth-order valence-electron chi connectivity index (χ4n) is 2.91. The zero-order chi connectivity index (χ0) is 19.6. The number of fused-ring (bicyclic) bond motifs is 1. The van der Waals surface area contributed by atoms with Crippen molar-refractivity contribution in [2.75, 3.05) is 17.2 Å². The predicted molar refractivity (Wildman–Crippen MR) is 104 cm³/mol. The SMILES string of the molecule is Cc1ccc(C(NC(=O)CN2C(=O)CSc3ccccc32)C(=O)O)cc1C. The third kappa shape index (κ3) is 4.14. The van der Waals surface area contributed by atoms with Crippen LogP contribution in [0.25, 0.3) is 0 Å². The molecular formula is C20H20N2O4S. The third-order valence-corrected chi connectivity index (χ3v) is 5.57. The van der Waals surface area contributed by atoms with Crippen LogP contribution in [-0.4, -0.2) is 35.2 Å². The molecule has 0 aromatic heterocycles. The highest BCUT2D eigenvalue weighted by molar-refractivity contribution is 8.00. The Hall–Kier alpha value is -2.80. The molecule has 1 heterocycles. The van der Waals surface area contributed by atoms with Crippen molar-refractivity contribution in [2.24, 2.45) is 0 Å². The summed E-state index contributed by atoms with van der Waals surface area (Å²) in [5.41, 5.74) is 3.17. The number of aliphatic carboxylic acids is 1. The molecule has 2 aromatic carbocycles. The highest BCUT2D eigenvalue weighted by Crippen LogP contribution is 2.34. The maximum Gasteiger partial charge on any atom is 0.330 e. The van der Waals surface area contributed by atoms with Crippen molar-refractivity contribution < 1.29 is 19.5 Å². The average Bonchev–Trinajstić information content (AvgIpc) is 2.64. The van der Waals surface area contributed by atoms with E-state index in [0.29, 0.717) is 11.3 Å². The minimum atomic E-state index is -1.17. The summed E-state index contributed by atoms with van der Waals surface area (Å²) in [4.78, 5) is 38.8. The second-order valence-electron chi connectivity index (χ2n) is 6.42. The first-order valence-corrected chi connectivity index (χ1v) is 9.47. The van der Waals surface area contributed by atoms with E-state index in [2.05, 4.69) is 5.32 Å². The number of hydrogen-bond donors (Lipinski definition) is 2. The van der Waals surface area contributed by atoms with Gasteiger partial charge in [0.25, 0.3) is 0 Å². The van der Waals surface area contributed by atoms with Gasteiger partial charge >= 0.3 is 5.97 Å². The molecule has 1 unspecified atom stereocenters. The topological polar surface area (TPSA) is 86.7 Å². The summed E-state index contributed by atoms with van der Waals surface area (Å²) < 4.78 is 0. The van der Waals surface area contributed by atoms with E-state index in [9.17, 15) is 19.5 Å². The molecule has 0 saturated heterocycles. The Kier molecular flexibility index (Phi) is 5.51. The molecule has 0 bridgehead atoms. The van der Waals surface area contributed by atoms with Gasteiger partial charge in [-0.3, -0.25) is 9.59 Å². The standard InChI is InChI=1S/C20H20N2O4S/c1-12-7-8-14(9-13(12)2)19(20(25)26)21-17(23)10-22-15-5-3-4-6-16(15)27-11-18(22)24/h3-9,19H,10-11H2,1-2H3,(H,21,23)(H,25,26). The molecule has 6 nitrogen and oxygen atoms in total. The van der Waals surface area contributed by atoms with Crippen LogP contribution in [-0.2, 0) is 14.4 Å². The molecule has 1 aliphatic rings. The number of nitrogens with zero attached hydrogens (tertiary/aromatic N) is 1. The maximum atomic E-state index is 12.5. The van der Waals surface area contributed by atoms with Crippen LogP contribution in [0.2, 0.25) is 0 Å². The van der Waals surface area contributed by atoms with E-state index in [1.54, 1.807) is 24.3 Å². The first-order chi connectivity index (χ1) is 12.9. The second-order valence-corrected chi connectivity index (χ2v) is 7.44. The van der Waals surface area contributed by atoms with Gasteiger partial charge in [0.1, 0.15) is 6.54 Å². The van der Waals surface area contributed by atoms with E-state index in [1.165, 1.54) is 16.7 Å². The largest absolute Gasteiger partial charge is 0.479 e. The monoisotopic (exact) mass is 384 g/mol. The van der Waals surface area contributed by atoms with Gasteiger partial charge in [-0.1, -0.05) is 30.3 Å². The molecular weight excluding hydrogens is 364 g/mol. The van der Waals surface area contributed by atoms with E-state index in [4.69, 9.17) is 0 Å². The highest BCUT2D eigenvalue weighted by Gasteiger charge is 2.28. The molecule has 2 amide bonds. The van der Waals surface area contributed by atoms with Gasteiger partial charge in [0, 0.05) is 4.90 Å². The van der Waals surface area contributed by atoms with E-state index >= 15 is 0 Å². The summed E-state index contributed by atoms with van der Waals surface area (Å²) in [5, 5.41) is 12.1. The van der Waals surface area contributed by atoms with E-state index in [0.717, 1.165) is 16.0 Å². The molecule has 2 N–H and O–H groups in total. The minimum Gasteiger partial charge on any atom is -0.479 e. The maximum absolute atomic E-state index is 12.5. The van der Waals surface area contributed by atoms with Crippen molar-refractivity contribution in [1.29, 1.82) is 0 Å². The van der Waals surface area contributed by atoms with Crippen molar-refractivity contribution in [3.63, 3.8) is 0 Å². The van der Waals surface area contributed by atoms with Gasteiger partial charge in [0.05, 0.1) is 11.4 Å². The van der Waals surface area contributed by atoms with Crippen LogP contribution in [0.4, 0.5) is 5.69 Å². The smallest absolute Gasteiger partial charge is 0.330 e. The van der Waals surface area contributed by atoms with Gasteiger partial charge in [-0.15, -0.1) is 11.8 Å². The fraction of sp³-hybridized carbons (Fsp3) is 0.250. The molecule has 0 spiro atoms. The average molecular weight is 384 g/mol. The number of carboxylic acids is 1. The van der Waals surface area contributed by atoms with Crippen LogP contribution < -0.4 is 10.2 Å². The number of anilines is 1. The van der Waals surface area contributed by atoms with Crippen LogP contribution in [0.1, 0.15) is 22.7 Å². The van der Waals surface area contributed by atoms with E-state index in [-0.39, 0.29) is 18.2 Å². The Morgan fingerprint density at radius 1 is 1.19 bits per heavy atom. The van der Waals surface area contributed by atoms with Crippen molar-refractivity contribution in [3.8, 4) is 0 Å². The first-order valence-electron chi connectivity index (χ1n) is 8.48. The number of carbonyl (C=O) groups is 3. The fourth-order valence-corrected chi connectivity index (χ4v) is 3.85. The molecule has 0 radical (unpaired) electrons. The van der Waals surface area contributed by atoms with Gasteiger partial charge in [0.2, 0.25) is 11.8 Å². The molecule has 0 aliphatic carbocycles. The zero-order valence-corrected chi connectivity index (χ0v) is 15.9. The molecule has 140 valence electrons. The quantitative estimate of drug-likeness (QED) is 0.828. The summed E-state index contributed by atoms with van der Waals surface area (Å²) in [7, 11) is 0. The lowest BCUT2D eigenvalue weighted by molar-refractivity contribution is -0.141. The number of hydrogen-bond acceptors (Lipinski definition) is 4. The lowest BCUT2D eigenvalue weighted by Crippen LogP contribution is -2.45. The van der Waals surface area contributed by atoms with Crippen LogP contribution in [0, 0.1) is 13.8 Å². The summed E-state index contributed by atoms with van der Waals surface area (Å²) in [6.45, 7) is 3.61. The van der Waals surface area contributed by atoms with Gasteiger partial charge in [-0.25, -0.2) is 4.79 Å². The number of thioether (sulfide) groups is 1. The van der Waals surface area contributed by atoms with Crippen LogP contribution in [0.15, 0.2) is 47.4 Å². The Balaban J connectivity index is 1.78. The van der Waals surface area contributed by atoms with Gasteiger partial charge in [0.15, 0.2) is 6.04 Å². The Morgan fingerprint density at radius 2 is 1.93 bits per heavy atom. The summed E-state index contributed by atoms with van der Waals surface area (Å²) in [6.07, 6.45) is 0. The number of amides is 2. The zero-order valence-electron chi connectivity index (χ0n) is 15.1. The Bertz CT molecular complexity index is 913. The van der Waals surface area contributed by atoms with Crippen molar-refractivity contribution in [1.82, 2.24) is 5.32 Å². The van der Waals surface area contributed by atoms with Gasteiger partial charge in [-0.2, -0.15) is 0 Å². The lowest BCUT2D eigenvalue weighted by Gasteiger charge is -2.28. The number of benzene rings is 2. The number of para-hydroxylation sites is 1. The predicted octanol–water partition coefficient (Wildman–Crippen LogP) is 2.68. The minimum absolute atomic E-state index is 0.174. The number of carboxylic acid groups (broad SMARTS) is 1. The van der Waals surface area contributed by atoms with Crippen LogP contribution in [0.5, 0.6) is 0 Å². The highest BCUT2D eigenvalue weighted by atomic mass is 32.2. The normalized spacial score (nSPS) is 14.4. The molecule has 1 atom stereocenters. The molecule has 27 heavy (non-hydrogen) atoms. The van der Waals surface area contributed by atoms with Crippen molar-refractivity contribution in [2.45, 2.75) is 24.8 Å². The van der Waals surface area contributed by atoms with E-state index < -0.39 is 17.9 Å². The molecule has 0 saturated carbocycles. The molecule has 3 rings (SSSR count). The molecule has 2 aromatic rings. The number of aryl methyl sites for hydroxylation is 2. The summed E-state index contributed by atoms with van der Waals surface area (Å²) in [5.74, 6) is -1.58.